The van der Waals surface area contributed by atoms with Crippen LogP contribution in [0.3, 0.4) is 0 Å². The third-order valence-electron chi connectivity index (χ3n) is 3.38. The predicted octanol–water partition coefficient (Wildman–Crippen LogP) is 0.443. The van der Waals surface area contributed by atoms with Crippen molar-refractivity contribution in [2.24, 2.45) is 0 Å². The molecule has 1 atom stereocenters. The second kappa shape index (κ2) is 7.04. The number of rotatable bonds is 3. The van der Waals surface area contributed by atoms with Crippen LogP contribution in [-0.4, -0.2) is 37.0 Å². The van der Waals surface area contributed by atoms with E-state index in [-0.39, 0.29) is 12.6 Å². The number of nitrogens with zero attached hydrogens (tertiary/aromatic N) is 1. The van der Waals surface area contributed by atoms with E-state index in [2.05, 4.69) is 5.32 Å². The number of imide groups is 1. The van der Waals surface area contributed by atoms with Gasteiger partial charge in [-0.15, -0.1) is 0 Å². The lowest BCUT2D eigenvalue weighted by molar-refractivity contribution is -0.139. The van der Waals surface area contributed by atoms with Crippen LogP contribution in [0.1, 0.15) is 19.8 Å². The molecule has 1 aliphatic rings. The molecule has 7 nitrogen and oxygen atoms in total. The normalized spacial score (nSPS) is 17.0. The minimum atomic E-state index is -0.921. The summed E-state index contributed by atoms with van der Waals surface area (Å²) in [5, 5.41) is 2.51. The Morgan fingerprint density at radius 2 is 2.00 bits per heavy atom. The van der Waals surface area contributed by atoms with E-state index < -0.39 is 17.7 Å². The van der Waals surface area contributed by atoms with Gasteiger partial charge in [-0.25, -0.2) is 4.90 Å². The van der Waals surface area contributed by atoms with E-state index in [1.54, 1.807) is 12.1 Å². The van der Waals surface area contributed by atoms with E-state index in [9.17, 15) is 14.4 Å². The predicted molar refractivity (Wildman–Crippen MR) is 81.0 cm³/mol. The van der Waals surface area contributed by atoms with Crippen molar-refractivity contribution < 1.29 is 19.1 Å². The summed E-state index contributed by atoms with van der Waals surface area (Å²) in [7, 11) is 0. The van der Waals surface area contributed by atoms with Crippen LogP contribution in [0.4, 0.5) is 11.4 Å². The zero-order valence-corrected chi connectivity index (χ0v) is 12.4. The number of hydrogen-bond donors (Lipinski definition) is 2. The second-order valence-corrected chi connectivity index (χ2v) is 5.10. The molecule has 3 N–H and O–H groups in total. The van der Waals surface area contributed by atoms with Crippen molar-refractivity contribution in [3.63, 3.8) is 0 Å². The molecule has 0 bridgehead atoms. The number of ether oxygens (including phenoxy) is 1. The monoisotopic (exact) mass is 305 g/mol. The number of anilines is 2. The molecule has 1 fully saturated rings. The molecule has 0 spiro atoms. The van der Waals surface area contributed by atoms with Gasteiger partial charge in [-0.2, -0.15) is 0 Å². The summed E-state index contributed by atoms with van der Waals surface area (Å²) in [4.78, 5) is 36.7. The second-order valence-electron chi connectivity index (χ2n) is 5.10. The van der Waals surface area contributed by atoms with E-state index in [0.29, 0.717) is 18.0 Å². The van der Waals surface area contributed by atoms with Crippen LogP contribution < -0.4 is 16.0 Å². The number of benzene rings is 1. The largest absolute Gasteiger partial charge is 0.399 e. The third-order valence-corrected chi connectivity index (χ3v) is 3.38. The molecule has 1 aromatic carbocycles. The molecule has 22 heavy (non-hydrogen) atoms. The summed E-state index contributed by atoms with van der Waals surface area (Å²) in [5.74, 6) is -2.29. The Balaban J connectivity index is 2.03. The maximum absolute atomic E-state index is 12.2. The number of nitrogen functional groups attached to an aromatic ring is 1. The van der Waals surface area contributed by atoms with E-state index in [4.69, 9.17) is 10.5 Å². The Hall–Kier alpha value is -2.41. The standard InChI is InChI=1S/C15H19N3O4/c1-10(19)18(12-6-4-11(16)5-7-12)15(21)14(20)17-9-13-3-2-8-22-13/h4-7,13H,2-3,8-9,16H2,1H3,(H,17,20). The Morgan fingerprint density at radius 3 is 2.55 bits per heavy atom. The molecule has 2 rings (SSSR count). The number of carbonyl (C=O) groups excluding carboxylic acids is 3. The lowest BCUT2D eigenvalue weighted by Crippen LogP contribution is -2.47. The highest BCUT2D eigenvalue weighted by Crippen LogP contribution is 2.17. The van der Waals surface area contributed by atoms with Crippen LogP contribution in [-0.2, 0) is 19.1 Å². The van der Waals surface area contributed by atoms with Crippen LogP contribution in [0.25, 0.3) is 0 Å². The number of amides is 3. The molecule has 1 heterocycles. The van der Waals surface area contributed by atoms with Crippen LogP contribution in [0.5, 0.6) is 0 Å². The number of nitrogens with two attached hydrogens (primary N) is 1. The molecular formula is C15H19N3O4. The summed E-state index contributed by atoms with van der Waals surface area (Å²) < 4.78 is 5.37. The summed E-state index contributed by atoms with van der Waals surface area (Å²) >= 11 is 0. The average molecular weight is 305 g/mol. The number of hydrogen-bond acceptors (Lipinski definition) is 5. The molecule has 3 amide bonds. The maximum atomic E-state index is 12.2. The van der Waals surface area contributed by atoms with Crippen LogP contribution in [0.15, 0.2) is 24.3 Å². The molecule has 0 radical (unpaired) electrons. The highest BCUT2D eigenvalue weighted by molar-refractivity contribution is 6.45. The van der Waals surface area contributed by atoms with Gasteiger partial charge >= 0.3 is 11.8 Å². The zero-order valence-electron chi connectivity index (χ0n) is 12.4. The summed E-state index contributed by atoms with van der Waals surface area (Å²) in [6.07, 6.45) is 1.72. The fourth-order valence-electron chi connectivity index (χ4n) is 2.25. The van der Waals surface area contributed by atoms with Gasteiger partial charge < -0.3 is 15.8 Å². The molecule has 0 aliphatic carbocycles. The summed E-state index contributed by atoms with van der Waals surface area (Å²) in [6, 6.07) is 6.15. The number of carbonyl (C=O) groups is 3. The molecular weight excluding hydrogens is 286 g/mol. The van der Waals surface area contributed by atoms with Gasteiger partial charge in [0.1, 0.15) is 0 Å². The van der Waals surface area contributed by atoms with Gasteiger partial charge in [0.15, 0.2) is 0 Å². The molecule has 118 valence electrons. The van der Waals surface area contributed by atoms with Crippen LogP contribution in [0.2, 0.25) is 0 Å². The van der Waals surface area contributed by atoms with E-state index in [0.717, 1.165) is 17.7 Å². The van der Waals surface area contributed by atoms with Gasteiger partial charge in [0.2, 0.25) is 5.91 Å². The Labute approximate surface area is 128 Å². The summed E-state index contributed by atoms with van der Waals surface area (Å²) in [5.41, 5.74) is 6.38. The number of nitrogens with one attached hydrogen (secondary N) is 1. The molecule has 0 aromatic heterocycles. The van der Waals surface area contributed by atoms with Gasteiger partial charge in [-0.1, -0.05) is 0 Å². The highest BCUT2D eigenvalue weighted by Gasteiger charge is 2.27. The first kappa shape index (κ1) is 16.0. The topological polar surface area (TPSA) is 102 Å². The van der Waals surface area contributed by atoms with E-state index >= 15 is 0 Å². The molecule has 7 heteroatoms. The van der Waals surface area contributed by atoms with Crippen molar-refractivity contribution in [1.82, 2.24) is 5.32 Å². The Kier molecular flexibility index (Phi) is 5.11. The smallest absolute Gasteiger partial charge is 0.323 e. The molecule has 1 saturated heterocycles. The van der Waals surface area contributed by atoms with E-state index in [1.165, 1.54) is 19.1 Å². The maximum Gasteiger partial charge on any atom is 0.323 e. The van der Waals surface area contributed by atoms with E-state index in [1.807, 2.05) is 0 Å². The van der Waals surface area contributed by atoms with Crippen molar-refractivity contribution >= 4 is 29.1 Å². The van der Waals surface area contributed by atoms with Crippen molar-refractivity contribution in [3.05, 3.63) is 24.3 Å². The van der Waals surface area contributed by atoms with Gasteiger partial charge in [0.25, 0.3) is 0 Å². The zero-order chi connectivity index (χ0) is 16.1. The SMILES string of the molecule is CC(=O)N(C(=O)C(=O)NCC1CCCO1)c1ccc(N)cc1. The molecule has 1 aliphatic heterocycles. The minimum Gasteiger partial charge on any atom is -0.399 e. The van der Waals surface area contributed by atoms with Crippen molar-refractivity contribution in [2.45, 2.75) is 25.9 Å². The van der Waals surface area contributed by atoms with Crippen molar-refractivity contribution in [1.29, 1.82) is 0 Å². The van der Waals surface area contributed by atoms with Crippen LogP contribution >= 0.6 is 0 Å². The molecule has 0 saturated carbocycles. The fraction of sp³-hybridized carbons (Fsp3) is 0.400. The van der Waals surface area contributed by atoms with Crippen molar-refractivity contribution in [3.8, 4) is 0 Å². The minimum absolute atomic E-state index is 0.0703. The van der Waals surface area contributed by atoms with Crippen LogP contribution in [0, 0.1) is 0 Å². The Morgan fingerprint density at radius 1 is 1.32 bits per heavy atom. The molecule has 1 unspecified atom stereocenters. The first-order valence-corrected chi connectivity index (χ1v) is 7.09. The first-order valence-electron chi connectivity index (χ1n) is 7.09. The third kappa shape index (κ3) is 3.82. The van der Waals surface area contributed by atoms with Gasteiger partial charge in [0.05, 0.1) is 11.8 Å². The lowest BCUT2D eigenvalue weighted by atomic mass is 10.2. The summed E-state index contributed by atoms with van der Waals surface area (Å²) in [6.45, 7) is 2.15. The van der Waals surface area contributed by atoms with Gasteiger partial charge in [0, 0.05) is 25.8 Å². The fourth-order valence-corrected chi connectivity index (χ4v) is 2.25. The molecule has 1 aromatic rings. The average Bonchev–Trinajstić information content (AvgIpc) is 3.00. The quantitative estimate of drug-likeness (QED) is 0.623. The van der Waals surface area contributed by atoms with Crippen molar-refractivity contribution in [2.75, 3.05) is 23.8 Å². The van der Waals surface area contributed by atoms with Gasteiger partial charge in [-0.3, -0.25) is 14.4 Å². The Bertz CT molecular complexity index is 565. The lowest BCUT2D eigenvalue weighted by Gasteiger charge is -2.19. The van der Waals surface area contributed by atoms with Gasteiger partial charge in [-0.05, 0) is 37.1 Å². The first-order chi connectivity index (χ1) is 10.5. The highest BCUT2D eigenvalue weighted by atomic mass is 16.5.